The summed E-state index contributed by atoms with van der Waals surface area (Å²) in [6, 6.07) is 8.07. The van der Waals surface area contributed by atoms with Crippen molar-refractivity contribution in [2.24, 2.45) is 0 Å². The van der Waals surface area contributed by atoms with Gasteiger partial charge < -0.3 is 9.84 Å². The molecule has 0 aromatic heterocycles. The molecule has 1 heterocycles. The van der Waals surface area contributed by atoms with E-state index in [1.54, 1.807) is 0 Å². The predicted octanol–water partition coefficient (Wildman–Crippen LogP) is 2.07. The summed E-state index contributed by atoms with van der Waals surface area (Å²) in [5.74, 6) is 0.592. The first-order valence-electron chi connectivity index (χ1n) is 7.61. The van der Waals surface area contributed by atoms with E-state index in [0.29, 0.717) is 25.6 Å². The van der Waals surface area contributed by atoms with Crippen LogP contribution in [-0.2, 0) is 4.74 Å². The van der Waals surface area contributed by atoms with Crippen LogP contribution < -0.4 is 0 Å². The Labute approximate surface area is 126 Å². The zero-order valence-corrected chi connectivity index (χ0v) is 13.1. The average molecular weight is 291 g/mol. The van der Waals surface area contributed by atoms with Gasteiger partial charge in [0.1, 0.15) is 0 Å². The van der Waals surface area contributed by atoms with Gasteiger partial charge in [-0.05, 0) is 18.4 Å². The fourth-order valence-corrected chi connectivity index (χ4v) is 2.54. The Morgan fingerprint density at radius 3 is 2.62 bits per heavy atom. The first-order valence-corrected chi connectivity index (χ1v) is 7.61. The maximum absolute atomic E-state index is 12.4. The smallest absolute Gasteiger partial charge is 0.176 e. The number of hydrogen-bond acceptors (Lipinski definition) is 4. The SMILES string of the molecule is CC(C)c1ccc(C(=O)CN2CC(CO)OCC2C)cc1. The summed E-state index contributed by atoms with van der Waals surface area (Å²) in [6.07, 6.45) is -0.183. The first kappa shape index (κ1) is 16.1. The van der Waals surface area contributed by atoms with E-state index in [1.807, 2.05) is 31.2 Å². The van der Waals surface area contributed by atoms with Crippen molar-refractivity contribution in [2.75, 3.05) is 26.3 Å². The summed E-state index contributed by atoms with van der Waals surface area (Å²) in [7, 11) is 0. The molecule has 0 bridgehead atoms. The summed E-state index contributed by atoms with van der Waals surface area (Å²) in [6.45, 7) is 7.87. The van der Waals surface area contributed by atoms with Crippen molar-refractivity contribution in [1.29, 1.82) is 0 Å². The molecule has 1 aliphatic rings. The molecule has 1 aromatic carbocycles. The molecule has 0 spiro atoms. The van der Waals surface area contributed by atoms with Crippen molar-refractivity contribution in [2.45, 2.75) is 38.8 Å². The summed E-state index contributed by atoms with van der Waals surface area (Å²) in [5, 5.41) is 9.19. The second-order valence-electron chi connectivity index (χ2n) is 6.12. The molecule has 21 heavy (non-hydrogen) atoms. The third-order valence-electron chi connectivity index (χ3n) is 4.08. The van der Waals surface area contributed by atoms with Crippen molar-refractivity contribution in [3.8, 4) is 0 Å². The van der Waals surface area contributed by atoms with Crippen LogP contribution in [0.25, 0.3) is 0 Å². The molecule has 0 saturated carbocycles. The number of aliphatic hydroxyl groups excluding tert-OH is 1. The van der Waals surface area contributed by atoms with E-state index in [4.69, 9.17) is 4.74 Å². The Kier molecular flexibility index (Phi) is 5.51. The lowest BCUT2D eigenvalue weighted by molar-refractivity contribution is -0.0747. The van der Waals surface area contributed by atoms with Crippen LogP contribution in [0.4, 0.5) is 0 Å². The number of Topliss-reactive ketones (excluding diaryl/α,β-unsaturated/α-hetero) is 1. The van der Waals surface area contributed by atoms with E-state index in [-0.39, 0.29) is 24.5 Å². The number of ether oxygens (including phenoxy) is 1. The molecule has 2 atom stereocenters. The lowest BCUT2D eigenvalue weighted by atomic mass is 10.00. The number of aliphatic hydroxyl groups is 1. The predicted molar refractivity (Wildman–Crippen MR) is 82.7 cm³/mol. The van der Waals surface area contributed by atoms with Crippen molar-refractivity contribution in [3.63, 3.8) is 0 Å². The number of morpholine rings is 1. The maximum Gasteiger partial charge on any atom is 0.176 e. The Balaban J connectivity index is 1.99. The molecule has 1 aliphatic heterocycles. The zero-order valence-electron chi connectivity index (χ0n) is 13.1. The third kappa shape index (κ3) is 4.13. The van der Waals surface area contributed by atoms with E-state index in [0.717, 1.165) is 5.56 Å². The van der Waals surface area contributed by atoms with E-state index in [9.17, 15) is 9.90 Å². The highest BCUT2D eigenvalue weighted by Gasteiger charge is 2.27. The number of rotatable bonds is 5. The Hall–Kier alpha value is -1.23. The molecular formula is C17H25NO3. The topological polar surface area (TPSA) is 49.8 Å². The summed E-state index contributed by atoms with van der Waals surface area (Å²) < 4.78 is 5.50. The fourth-order valence-electron chi connectivity index (χ4n) is 2.54. The van der Waals surface area contributed by atoms with Gasteiger partial charge in [0.2, 0.25) is 0 Å². The maximum atomic E-state index is 12.4. The zero-order chi connectivity index (χ0) is 15.4. The number of hydrogen-bond donors (Lipinski definition) is 1. The van der Waals surface area contributed by atoms with Crippen LogP contribution in [0.15, 0.2) is 24.3 Å². The van der Waals surface area contributed by atoms with Crippen LogP contribution in [-0.4, -0.2) is 54.2 Å². The molecule has 0 amide bonds. The van der Waals surface area contributed by atoms with Crippen molar-refractivity contribution >= 4 is 5.78 Å². The standard InChI is InChI=1S/C17H25NO3/c1-12(2)14-4-6-15(7-5-14)17(20)9-18-8-16(10-19)21-11-13(18)3/h4-7,12-13,16,19H,8-11H2,1-3H3. The highest BCUT2D eigenvalue weighted by atomic mass is 16.5. The minimum Gasteiger partial charge on any atom is -0.394 e. The highest BCUT2D eigenvalue weighted by molar-refractivity contribution is 5.97. The largest absolute Gasteiger partial charge is 0.394 e. The third-order valence-corrected chi connectivity index (χ3v) is 4.08. The first-order chi connectivity index (χ1) is 10.0. The second-order valence-corrected chi connectivity index (χ2v) is 6.12. The summed E-state index contributed by atoms with van der Waals surface area (Å²) >= 11 is 0. The van der Waals surface area contributed by atoms with Gasteiger partial charge in [-0.1, -0.05) is 38.1 Å². The van der Waals surface area contributed by atoms with Crippen LogP contribution in [0.5, 0.6) is 0 Å². The van der Waals surface area contributed by atoms with Gasteiger partial charge in [0.25, 0.3) is 0 Å². The summed E-state index contributed by atoms with van der Waals surface area (Å²) in [4.78, 5) is 14.5. The van der Waals surface area contributed by atoms with Crippen molar-refractivity contribution in [1.82, 2.24) is 4.90 Å². The molecule has 1 saturated heterocycles. The molecule has 0 aliphatic carbocycles. The number of carbonyl (C=O) groups is 1. The summed E-state index contributed by atoms with van der Waals surface area (Å²) in [5.41, 5.74) is 1.99. The fraction of sp³-hybridized carbons (Fsp3) is 0.588. The number of carbonyl (C=O) groups excluding carboxylic acids is 1. The van der Waals surface area contributed by atoms with Gasteiger partial charge in [0.05, 0.1) is 25.9 Å². The van der Waals surface area contributed by atoms with Gasteiger partial charge >= 0.3 is 0 Å². The molecule has 4 heteroatoms. The van der Waals surface area contributed by atoms with Crippen LogP contribution in [0.1, 0.15) is 42.6 Å². The number of benzene rings is 1. The average Bonchev–Trinajstić information content (AvgIpc) is 2.49. The van der Waals surface area contributed by atoms with E-state index in [1.165, 1.54) is 5.56 Å². The molecular weight excluding hydrogens is 266 g/mol. The minimum atomic E-state index is -0.183. The lowest BCUT2D eigenvalue weighted by Crippen LogP contribution is -2.51. The van der Waals surface area contributed by atoms with Crippen LogP contribution in [0, 0.1) is 0 Å². The Bertz CT molecular complexity index is 469. The van der Waals surface area contributed by atoms with Gasteiger partial charge in [0.15, 0.2) is 5.78 Å². The van der Waals surface area contributed by atoms with Crippen molar-refractivity contribution in [3.05, 3.63) is 35.4 Å². The van der Waals surface area contributed by atoms with Gasteiger partial charge in [0, 0.05) is 18.2 Å². The lowest BCUT2D eigenvalue weighted by Gasteiger charge is -2.36. The van der Waals surface area contributed by atoms with Crippen molar-refractivity contribution < 1.29 is 14.6 Å². The molecule has 2 unspecified atom stereocenters. The molecule has 1 N–H and O–H groups in total. The van der Waals surface area contributed by atoms with Crippen LogP contribution in [0.3, 0.4) is 0 Å². The van der Waals surface area contributed by atoms with E-state index in [2.05, 4.69) is 18.7 Å². The van der Waals surface area contributed by atoms with Crippen LogP contribution >= 0.6 is 0 Å². The Morgan fingerprint density at radius 2 is 2.05 bits per heavy atom. The number of nitrogens with zero attached hydrogens (tertiary/aromatic N) is 1. The monoisotopic (exact) mass is 291 g/mol. The molecule has 0 radical (unpaired) electrons. The quantitative estimate of drug-likeness (QED) is 0.844. The molecule has 116 valence electrons. The highest BCUT2D eigenvalue weighted by Crippen LogP contribution is 2.16. The normalized spacial score (nSPS) is 23.5. The van der Waals surface area contributed by atoms with E-state index < -0.39 is 0 Å². The molecule has 4 nitrogen and oxygen atoms in total. The molecule has 2 rings (SSSR count). The second kappa shape index (κ2) is 7.16. The Morgan fingerprint density at radius 1 is 1.38 bits per heavy atom. The van der Waals surface area contributed by atoms with Gasteiger partial charge in [-0.15, -0.1) is 0 Å². The number of ketones is 1. The minimum absolute atomic E-state index is 0.000492. The molecule has 1 fully saturated rings. The van der Waals surface area contributed by atoms with E-state index >= 15 is 0 Å². The van der Waals surface area contributed by atoms with Gasteiger partial charge in [-0.25, -0.2) is 0 Å². The van der Waals surface area contributed by atoms with Gasteiger partial charge in [-0.2, -0.15) is 0 Å². The van der Waals surface area contributed by atoms with Gasteiger partial charge in [-0.3, -0.25) is 9.69 Å². The van der Waals surface area contributed by atoms with Crippen LogP contribution in [0.2, 0.25) is 0 Å². The molecule has 1 aromatic rings.